The molecule has 1 aromatic rings. The Balaban J connectivity index is 1.93. The molecule has 7 nitrogen and oxygen atoms in total. The standard InChI is InChI=1S/C14H21N3O4S/c1-22(20,21)15-9-12-5-4-8-16(10-12)14(19)11-17-7-3-2-6-13(17)18/h2-3,6-7,12,15H,4-5,8-11H2,1H3. The number of hydrogen-bond donors (Lipinski definition) is 1. The lowest BCUT2D eigenvalue weighted by atomic mass is 9.98. The summed E-state index contributed by atoms with van der Waals surface area (Å²) in [5, 5.41) is 0. The molecule has 1 unspecified atom stereocenters. The van der Waals surface area contributed by atoms with Gasteiger partial charge in [-0.25, -0.2) is 13.1 Å². The van der Waals surface area contributed by atoms with Crippen molar-refractivity contribution in [3.8, 4) is 0 Å². The van der Waals surface area contributed by atoms with Crippen molar-refractivity contribution < 1.29 is 13.2 Å². The third-order valence-corrected chi connectivity index (χ3v) is 4.40. The van der Waals surface area contributed by atoms with Crippen LogP contribution in [-0.4, -0.2) is 49.7 Å². The quantitative estimate of drug-likeness (QED) is 0.800. The molecule has 0 saturated carbocycles. The van der Waals surface area contributed by atoms with Crippen LogP contribution in [0.2, 0.25) is 0 Å². The molecule has 0 aliphatic carbocycles. The van der Waals surface area contributed by atoms with Crippen LogP contribution in [0.15, 0.2) is 29.2 Å². The van der Waals surface area contributed by atoms with Gasteiger partial charge in [0, 0.05) is 31.9 Å². The van der Waals surface area contributed by atoms with E-state index in [1.54, 1.807) is 23.2 Å². The average molecular weight is 327 g/mol. The summed E-state index contributed by atoms with van der Waals surface area (Å²) >= 11 is 0. The molecular formula is C14H21N3O4S. The minimum Gasteiger partial charge on any atom is -0.341 e. The molecule has 2 rings (SSSR count). The summed E-state index contributed by atoms with van der Waals surface area (Å²) in [7, 11) is -3.21. The number of nitrogens with zero attached hydrogens (tertiary/aromatic N) is 2. The van der Waals surface area contributed by atoms with Gasteiger partial charge in [0.1, 0.15) is 6.54 Å². The minimum atomic E-state index is -3.21. The van der Waals surface area contributed by atoms with Crippen LogP contribution in [0.1, 0.15) is 12.8 Å². The summed E-state index contributed by atoms with van der Waals surface area (Å²) in [6, 6.07) is 4.77. The molecule has 0 spiro atoms. The molecule has 1 aromatic heterocycles. The molecular weight excluding hydrogens is 306 g/mol. The van der Waals surface area contributed by atoms with Crippen molar-refractivity contribution in [2.24, 2.45) is 5.92 Å². The Morgan fingerprint density at radius 3 is 2.86 bits per heavy atom. The lowest BCUT2D eigenvalue weighted by Crippen LogP contribution is -2.45. The highest BCUT2D eigenvalue weighted by molar-refractivity contribution is 7.88. The molecule has 1 amide bonds. The van der Waals surface area contributed by atoms with Crippen molar-refractivity contribution in [1.29, 1.82) is 0 Å². The number of carbonyl (C=O) groups excluding carboxylic acids is 1. The molecule has 2 heterocycles. The molecule has 1 aliphatic rings. The average Bonchev–Trinajstić information content (AvgIpc) is 2.47. The predicted molar refractivity (Wildman–Crippen MR) is 82.9 cm³/mol. The van der Waals surface area contributed by atoms with Gasteiger partial charge in [0.05, 0.1) is 6.26 Å². The first-order valence-electron chi connectivity index (χ1n) is 7.23. The van der Waals surface area contributed by atoms with E-state index in [0.29, 0.717) is 19.6 Å². The monoisotopic (exact) mass is 327 g/mol. The van der Waals surface area contributed by atoms with Gasteiger partial charge in [-0.2, -0.15) is 0 Å². The minimum absolute atomic E-state index is 0.0197. The Labute approximate surface area is 130 Å². The fraction of sp³-hybridized carbons (Fsp3) is 0.571. The van der Waals surface area contributed by atoms with Crippen LogP contribution >= 0.6 is 0 Å². The second-order valence-corrected chi connectivity index (χ2v) is 7.47. The number of likely N-dealkylation sites (tertiary alicyclic amines) is 1. The largest absolute Gasteiger partial charge is 0.341 e. The van der Waals surface area contributed by atoms with Crippen LogP contribution in [-0.2, 0) is 21.4 Å². The van der Waals surface area contributed by atoms with Crippen molar-refractivity contribution in [3.63, 3.8) is 0 Å². The topological polar surface area (TPSA) is 88.5 Å². The summed E-state index contributed by atoms with van der Waals surface area (Å²) in [5.41, 5.74) is -0.205. The van der Waals surface area contributed by atoms with E-state index in [-0.39, 0.29) is 23.9 Å². The Bertz CT molecular complexity index is 683. The normalized spacial score (nSPS) is 19.1. The summed E-state index contributed by atoms with van der Waals surface area (Å²) in [4.78, 5) is 25.6. The van der Waals surface area contributed by atoms with Gasteiger partial charge in [0.25, 0.3) is 5.56 Å². The van der Waals surface area contributed by atoms with Gasteiger partial charge in [0.2, 0.25) is 15.9 Å². The van der Waals surface area contributed by atoms with Crippen LogP contribution in [0.4, 0.5) is 0 Å². The van der Waals surface area contributed by atoms with Crippen molar-refractivity contribution in [2.45, 2.75) is 19.4 Å². The number of pyridine rings is 1. The van der Waals surface area contributed by atoms with E-state index < -0.39 is 10.0 Å². The van der Waals surface area contributed by atoms with E-state index in [9.17, 15) is 18.0 Å². The second-order valence-electron chi connectivity index (χ2n) is 5.64. The second kappa shape index (κ2) is 7.06. The van der Waals surface area contributed by atoms with Gasteiger partial charge in [-0.15, -0.1) is 0 Å². The maximum absolute atomic E-state index is 12.3. The molecule has 1 aliphatic heterocycles. The van der Waals surface area contributed by atoms with Gasteiger partial charge in [0.15, 0.2) is 0 Å². The van der Waals surface area contributed by atoms with E-state index in [1.165, 1.54) is 10.6 Å². The highest BCUT2D eigenvalue weighted by Gasteiger charge is 2.24. The van der Waals surface area contributed by atoms with Crippen LogP contribution in [0.5, 0.6) is 0 Å². The zero-order valence-electron chi connectivity index (χ0n) is 12.6. The van der Waals surface area contributed by atoms with Crippen LogP contribution in [0, 0.1) is 5.92 Å². The van der Waals surface area contributed by atoms with Crippen LogP contribution < -0.4 is 10.3 Å². The lowest BCUT2D eigenvalue weighted by Gasteiger charge is -2.33. The molecule has 8 heteroatoms. The number of nitrogens with one attached hydrogen (secondary N) is 1. The molecule has 1 atom stereocenters. The zero-order chi connectivity index (χ0) is 16.2. The number of hydrogen-bond acceptors (Lipinski definition) is 4. The number of piperidine rings is 1. The number of sulfonamides is 1. The molecule has 1 fully saturated rings. The maximum atomic E-state index is 12.3. The molecule has 1 saturated heterocycles. The number of carbonyl (C=O) groups is 1. The Hall–Kier alpha value is -1.67. The molecule has 1 N–H and O–H groups in total. The third kappa shape index (κ3) is 4.96. The molecule has 22 heavy (non-hydrogen) atoms. The van der Waals surface area contributed by atoms with E-state index in [4.69, 9.17) is 0 Å². The third-order valence-electron chi connectivity index (χ3n) is 3.71. The SMILES string of the molecule is CS(=O)(=O)NCC1CCCN(C(=O)Cn2ccccc2=O)C1. The van der Waals surface area contributed by atoms with Gasteiger partial charge in [-0.1, -0.05) is 6.07 Å². The van der Waals surface area contributed by atoms with E-state index >= 15 is 0 Å². The fourth-order valence-corrected chi connectivity index (χ4v) is 3.10. The summed E-state index contributed by atoms with van der Waals surface area (Å²) in [5.74, 6) is -0.00252. The number of rotatable bonds is 5. The summed E-state index contributed by atoms with van der Waals surface area (Å²) in [6.45, 7) is 1.53. The van der Waals surface area contributed by atoms with E-state index in [2.05, 4.69) is 4.72 Å². The lowest BCUT2D eigenvalue weighted by molar-refractivity contribution is -0.133. The molecule has 0 radical (unpaired) electrons. The van der Waals surface area contributed by atoms with Gasteiger partial charge < -0.3 is 9.47 Å². The fourth-order valence-electron chi connectivity index (χ4n) is 2.56. The van der Waals surface area contributed by atoms with E-state index in [1.807, 2.05) is 0 Å². The first-order valence-corrected chi connectivity index (χ1v) is 9.12. The Morgan fingerprint density at radius 2 is 2.18 bits per heavy atom. The van der Waals surface area contributed by atoms with E-state index in [0.717, 1.165) is 19.1 Å². The van der Waals surface area contributed by atoms with Crippen LogP contribution in [0.3, 0.4) is 0 Å². The van der Waals surface area contributed by atoms with Crippen LogP contribution in [0.25, 0.3) is 0 Å². The summed E-state index contributed by atoms with van der Waals surface area (Å²) in [6.07, 6.45) is 4.44. The van der Waals surface area contributed by atoms with Crippen molar-refractivity contribution >= 4 is 15.9 Å². The molecule has 122 valence electrons. The number of amides is 1. The van der Waals surface area contributed by atoms with Gasteiger partial charge in [-0.05, 0) is 24.8 Å². The van der Waals surface area contributed by atoms with Crippen molar-refractivity contribution in [1.82, 2.24) is 14.2 Å². The Kier molecular flexibility index (Phi) is 5.36. The van der Waals surface area contributed by atoms with Gasteiger partial charge >= 0.3 is 0 Å². The van der Waals surface area contributed by atoms with Gasteiger partial charge in [-0.3, -0.25) is 9.59 Å². The van der Waals surface area contributed by atoms with Crippen molar-refractivity contribution in [3.05, 3.63) is 34.7 Å². The first-order chi connectivity index (χ1) is 10.3. The highest BCUT2D eigenvalue weighted by atomic mass is 32.2. The maximum Gasteiger partial charge on any atom is 0.250 e. The predicted octanol–water partition coefficient (Wildman–Crippen LogP) is -0.364. The zero-order valence-corrected chi connectivity index (χ0v) is 13.4. The number of aromatic nitrogens is 1. The first kappa shape index (κ1) is 16.7. The molecule has 0 aromatic carbocycles. The van der Waals surface area contributed by atoms with Crippen molar-refractivity contribution in [2.75, 3.05) is 25.9 Å². The molecule has 0 bridgehead atoms. The smallest absolute Gasteiger partial charge is 0.250 e. The summed E-state index contributed by atoms with van der Waals surface area (Å²) < 4.78 is 26.1. The Morgan fingerprint density at radius 1 is 1.41 bits per heavy atom. The highest BCUT2D eigenvalue weighted by Crippen LogP contribution is 2.16.